The van der Waals surface area contributed by atoms with Gasteiger partial charge in [0.1, 0.15) is 17.6 Å². The number of pyridine rings is 1. The van der Waals surface area contributed by atoms with Crippen LogP contribution in [0.4, 0.5) is 5.82 Å². The molecule has 3 aromatic rings. The van der Waals surface area contributed by atoms with Crippen LogP contribution in [0.15, 0.2) is 59.4 Å². The number of nitrogens with zero attached hydrogens (tertiary/aromatic N) is 2. The van der Waals surface area contributed by atoms with Crippen LogP contribution in [-0.2, 0) is 0 Å². The molecule has 0 bridgehead atoms. The van der Waals surface area contributed by atoms with Crippen LogP contribution in [0.1, 0.15) is 27.0 Å². The van der Waals surface area contributed by atoms with Crippen molar-refractivity contribution in [3.05, 3.63) is 87.2 Å². The number of aromatic nitrogens is 1. The second-order valence-electron chi connectivity index (χ2n) is 5.79. The first-order valence-electron chi connectivity index (χ1n) is 7.79. The predicted octanol–water partition coefficient (Wildman–Crippen LogP) is 2.54. The van der Waals surface area contributed by atoms with Crippen LogP contribution in [0, 0.1) is 18.3 Å². The summed E-state index contributed by atoms with van der Waals surface area (Å²) >= 11 is 0. The van der Waals surface area contributed by atoms with E-state index in [9.17, 15) is 20.0 Å². The summed E-state index contributed by atoms with van der Waals surface area (Å²) in [6.45, 7) is 1.77. The third-order valence-corrected chi connectivity index (χ3v) is 4.02. The van der Waals surface area contributed by atoms with Gasteiger partial charge in [-0.15, -0.1) is 0 Å². The van der Waals surface area contributed by atoms with Crippen molar-refractivity contribution in [2.45, 2.75) is 6.92 Å². The van der Waals surface area contributed by atoms with E-state index in [-0.39, 0.29) is 28.3 Å². The Bertz CT molecular complexity index is 1110. The fraction of sp³-hybridized carbons (Fsp3) is 0.0500. The summed E-state index contributed by atoms with van der Waals surface area (Å²) in [6.07, 6.45) is 0. The Morgan fingerprint density at radius 3 is 2.46 bits per heavy atom. The molecule has 0 unspecified atom stereocenters. The molecule has 0 radical (unpaired) electrons. The minimum atomic E-state index is -0.669. The molecule has 2 aromatic carbocycles. The number of nitrogens with two attached hydrogens (primary N) is 1. The number of phenols is 1. The molecule has 128 valence electrons. The van der Waals surface area contributed by atoms with Crippen LogP contribution in [0.3, 0.4) is 0 Å². The fourth-order valence-electron chi connectivity index (χ4n) is 2.69. The molecule has 0 spiro atoms. The SMILES string of the molecule is Cc1ccc(O)c(C(=O)c2cc(C#N)c(N)n(-c3ccccc3)c2=O)c1. The van der Waals surface area contributed by atoms with Crippen molar-refractivity contribution in [1.82, 2.24) is 4.57 Å². The normalized spacial score (nSPS) is 10.3. The quantitative estimate of drug-likeness (QED) is 0.709. The van der Waals surface area contributed by atoms with Crippen molar-refractivity contribution in [3.63, 3.8) is 0 Å². The fourth-order valence-corrected chi connectivity index (χ4v) is 2.69. The summed E-state index contributed by atoms with van der Waals surface area (Å²) in [5, 5.41) is 19.4. The first-order valence-corrected chi connectivity index (χ1v) is 7.79. The number of phenolic OH excluding ortho intramolecular Hbond substituents is 1. The van der Waals surface area contributed by atoms with Gasteiger partial charge < -0.3 is 10.8 Å². The maximum absolute atomic E-state index is 12.9. The summed E-state index contributed by atoms with van der Waals surface area (Å²) in [6, 6.07) is 16.1. The summed E-state index contributed by atoms with van der Waals surface area (Å²) < 4.78 is 1.12. The molecule has 6 nitrogen and oxygen atoms in total. The summed E-state index contributed by atoms with van der Waals surface area (Å²) in [7, 11) is 0. The number of rotatable bonds is 3. The second-order valence-corrected chi connectivity index (χ2v) is 5.79. The topological polar surface area (TPSA) is 109 Å². The van der Waals surface area contributed by atoms with E-state index in [1.807, 2.05) is 6.07 Å². The van der Waals surface area contributed by atoms with Crippen molar-refractivity contribution in [1.29, 1.82) is 5.26 Å². The summed E-state index contributed by atoms with van der Waals surface area (Å²) in [5.41, 5.74) is 6.27. The third-order valence-electron chi connectivity index (χ3n) is 4.02. The third kappa shape index (κ3) is 2.82. The molecule has 1 aromatic heterocycles. The number of hydrogen-bond acceptors (Lipinski definition) is 5. The van der Waals surface area contributed by atoms with E-state index in [2.05, 4.69) is 0 Å². The van der Waals surface area contributed by atoms with Gasteiger partial charge in [-0.25, -0.2) is 0 Å². The van der Waals surface area contributed by atoms with Gasteiger partial charge in [-0.05, 0) is 37.3 Å². The highest BCUT2D eigenvalue weighted by molar-refractivity contribution is 6.10. The molecule has 0 aliphatic carbocycles. The first-order chi connectivity index (χ1) is 12.4. The lowest BCUT2D eigenvalue weighted by Crippen LogP contribution is -2.28. The second kappa shape index (κ2) is 6.57. The van der Waals surface area contributed by atoms with E-state index in [1.54, 1.807) is 43.3 Å². The number of hydrogen-bond donors (Lipinski definition) is 2. The zero-order valence-electron chi connectivity index (χ0n) is 13.9. The standard InChI is InChI=1S/C20H15N3O3/c1-12-7-8-17(24)15(9-12)18(25)16-10-13(11-21)19(22)23(20(16)26)14-5-3-2-4-6-14/h2-10,24H,22H2,1H3. The highest BCUT2D eigenvalue weighted by Gasteiger charge is 2.22. The number of aromatic hydroxyl groups is 1. The van der Waals surface area contributed by atoms with E-state index in [4.69, 9.17) is 5.73 Å². The molecule has 0 saturated heterocycles. The minimum Gasteiger partial charge on any atom is -0.507 e. The summed E-state index contributed by atoms with van der Waals surface area (Å²) in [5.74, 6) is -0.951. The molecule has 0 amide bonds. The number of para-hydroxylation sites is 1. The lowest BCUT2D eigenvalue weighted by atomic mass is 10.00. The average Bonchev–Trinajstić information content (AvgIpc) is 2.64. The number of nitrogen functional groups attached to an aromatic ring is 1. The van der Waals surface area contributed by atoms with Gasteiger partial charge in [0.25, 0.3) is 5.56 Å². The lowest BCUT2D eigenvalue weighted by Gasteiger charge is -2.13. The van der Waals surface area contributed by atoms with Crippen molar-refractivity contribution >= 4 is 11.6 Å². The number of anilines is 1. The van der Waals surface area contributed by atoms with E-state index >= 15 is 0 Å². The zero-order chi connectivity index (χ0) is 18.8. The van der Waals surface area contributed by atoms with E-state index < -0.39 is 11.3 Å². The Kier molecular flexibility index (Phi) is 4.29. The molecule has 0 saturated carbocycles. The van der Waals surface area contributed by atoms with Crippen LogP contribution in [0.2, 0.25) is 0 Å². The average molecular weight is 345 g/mol. The van der Waals surface area contributed by atoms with Crippen molar-refractivity contribution in [3.8, 4) is 17.5 Å². The molecule has 0 atom stereocenters. The zero-order valence-corrected chi connectivity index (χ0v) is 13.9. The van der Waals surface area contributed by atoms with E-state index in [0.717, 1.165) is 10.1 Å². The van der Waals surface area contributed by atoms with Gasteiger partial charge in [0.2, 0.25) is 5.78 Å². The smallest absolute Gasteiger partial charge is 0.268 e. The number of ketones is 1. The van der Waals surface area contributed by atoms with Gasteiger partial charge in [0, 0.05) is 0 Å². The van der Waals surface area contributed by atoms with Gasteiger partial charge in [0.15, 0.2) is 0 Å². The van der Waals surface area contributed by atoms with Gasteiger partial charge in [-0.2, -0.15) is 5.26 Å². The molecule has 0 aliphatic heterocycles. The predicted molar refractivity (Wildman–Crippen MR) is 97.4 cm³/mol. The Morgan fingerprint density at radius 1 is 1.12 bits per heavy atom. The Morgan fingerprint density at radius 2 is 1.81 bits per heavy atom. The maximum Gasteiger partial charge on any atom is 0.268 e. The monoisotopic (exact) mass is 345 g/mol. The molecule has 1 heterocycles. The molecule has 0 fully saturated rings. The van der Waals surface area contributed by atoms with Gasteiger partial charge in [-0.3, -0.25) is 14.2 Å². The number of carbonyl (C=O) groups is 1. The Labute approximate surface area is 149 Å². The Balaban J connectivity index is 2.30. The van der Waals surface area contributed by atoms with Gasteiger partial charge in [0.05, 0.1) is 22.4 Å². The Hall–Kier alpha value is -3.85. The molecule has 0 aliphatic rings. The van der Waals surface area contributed by atoms with Crippen LogP contribution < -0.4 is 11.3 Å². The summed E-state index contributed by atoms with van der Waals surface area (Å²) in [4.78, 5) is 25.8. The maximum atomic E-state index is 12.9. The van der Waals surface area contributed by atoms with Crippen LogP contribution in [0.25, 0.3) is 5.69 Å². The highest BCUT2D eigenvalue weighted by atomic mass is 16.3. The lowest BCUT2D eigenvalue weighted by molar-refractivity contribution is 0.103. The molecule has 3 rings (SSSR count). The van der Waals surface area contributed by atoms with Crippen molar-refractivity contribution in [2.75, 3.05) is 5.73 Å². The van der Waals surface area contributed by atoms with Crippen molar-refractivity contribution < 1.29 is 9.90 Å². The molecule has 3 N–H and O–H groups in total. The minimum absolute atomic E-state index is 0.00365. The number of carbonyl (C=O) groups excluding carboxylic acids is 1. The largest absolute Gasteiger partial charge is 0.507 e. The van der Waals surface area contributed by atoms with Gasteiger partial charge >= 0.3 is 0 Å². The molecular weight excluding hydrogens is 330 g/mol. The van der Waals surface area contributed by atoms with E-state index in [0.29, 0.717) is 5.69 Å². The van der Waals surface area contributed by atoms with Crippen LogP contribution in [-0.4, -0.2) is 15.5 Å². The van der Waals surface area contributed by atoms with E-state index in [1.165, 1.54) is 18.2 Å². The number of benzene rings is 2. The van der Waals surface area contributed by atoms with Crippen molar-refractivity contribution in [2.24, 2.45) is 0 Å². The first kappa shape index (κ1) is 17.0. The molecular formula is C20H15N3O3. The van der Waals surface area contributed by atoms with Crippen LogP contribution >= 0.6 is 0 Å². The highest BCUT2D eigenvalue weighted by Crippen LogP contribution is 2.23. The number of aryl methyl sites for hydroxylation is 1. The van der Waals surface area contributed by atoms with Crippen LogP contribution in [0.5, 0.6) is 5.75 Å². The number of nitriles is 1. The van der Waals surface area contributed by atoms with Gasteiger partial charge in [-0.1, -0.05) is 29.8 Å². The molecule has 6 heteroatoms. The molecule has 26 heavy (non-hydrogen) atoms.